The highest BCUT2D eigenvalue weighted by Gasteiger charge is 2.06. The van der Waals surface area contributed by atoms with Crippen molar-refractivity contribution in [2.45, 2.75) is 6.92 Å². The molecule has 0 saturated carbocycles. The van der Waals surface area contributed by atoms with Gasteiger partial charge in [-0.25, -0.2) is 4.98 Å². The number of rotatable bonds is 0. The SMILES string of the molecule is Cc1cccc2c(Br)nc(N)n12. The molecule has 0 aromatic carbocycles. The molecule has 12 heavy (non-hydrogen) atoms. The van der Waals surface area contributed by atoms with Crippen LogP contribution >= 0.6 is 15.9 Å². The van der Waals surface area contributed by atoms with E-state index in [2.05, 4.69) is 20.9 Å². The number of imidazole rings is 1. The number of pyridine rings is 1. The Hall–Kier alpha value is -1.03. The van der Waals surface area contributed by atoms with Gasteiger partial charge in [-0.2, -0.15) is 0 Å². The molecule has 3 nitrogen and oxygen atoms in total. The number of hydrogen-bond acceptors (Lipinski definition) is 2. The molecule has 0 unspecified atom stereocenters. The Kier molecular flexibility index (Phi) is 1.58. The third-order valence-corrected chi connectivity index (χ3v) is 2.42. The zero-order chi connectivity index (χ0) is 8.72. The topological polar surface area (TPSA) is 43.3 Å². The molecule has 0 saturated heterocycles. The van der Waals surface area contributed by atoms with Gasteiger partial charge in [-0.3, -0.25) is 4.40 Å². The van der Waals surface area contributed by atoms with Crippen LogP contribution in [0.25, 0.3) is 5.52 Å². The molecule has 0 atom stereocenters. The van der Waals surface area contributed by atoms with Crippen LogP contribution in [0.1, 0.15) is 5.69 Å². The van der Waals surface area contributed by atoms with Crippen molar-refractivity contribution in [1.82, 2.24) is 9.38 Å². The second kappa shape index (κ2) is 2.48. The number of hydrogen-bond donors (Lipinski definition) is 1. The van der Waals surface area contributed by atoms with Crippen molar-refractivity contribution in [3.8, 4) is 0 Å². The molecule has 2 aromatic heterocycles. The van der Waals surface area contributed by atoms with Gasteiger partial charge in [-0.1, -0.05) is 6.07 Å². The summed E-state index contributed by atoms with van der Waals surface area (Å²) in [6, 6.07) is 5.95. The molecule has 4 heteroatoms. The van der Waals surface area contributed by atoms with E-state index in [0.29, 0.717) is 5.95 Å². The number of halogens is 1. The predicted octanol–water partition coefficient (Wildman–Crippen LogP) is 1.99. The van der Waals surface area contributed by atoms with Crippen molar-refractivity contribution in [3.05, 3.63) is 28.5 Å². The van der Waals surface area contributed by atoms with Gasteiger partial charge in [-0.05, 0) is 35.0 Å². The van der Waals surface area contributed by atoms with E-state index in [1.54, 1.807) is 0 Å². The molecular formula is C8H8BrN3. The summed E-state index contributed by atoms with van der Waals surface area (Å²) in [5.74, 6) is 0.523. The van der Waals surface area contributed by atoms with Crippen LogP contribution in [0.3, 0.4) is 0 Å². The molecule has 2 rings (SSSR count). The van der Waals surface area contributed by atoms with Gasteiger partial charge in [0.05, 0.1) is 5.52 Å². The summed E-state index contributed by atoms with van der Waals surface area (Å²) in [7, 11) is 0. The van der Waals surface area contributed by atoms with Crippen molar-refractivity contribution in [3.63, 3.8) is 0 Å². The molecule has 0 radical (unpaired) electrons. The lowest BCUT2D eigenvalue weighted by Gasteiger charge is -1.99. The Labute approximate surface area is 78.3 Å². The minimum atomic E-state index is 0.523. The average molecular weight is 226 g/mol. The van der Waals surface area contributed by atoms with Crippen LogP contribution in [0.15, 0.2) is 22.8 Å². The zero-order valence-electron chi connectivity index (χ0n) is 6.58. The zero-order valence-corrected chi connectivity index (χ0v) is 8.17. The largest absolute Gasteiger partial charge is 0.369 e. The first-order valence-electron chi connectivity index (χ1n) is 3.59. The average Bonchev–Trinajstić information content (AvgIpc) is 2.29. The minimum absolute atomic E-state index is 0.523. The van der Waals surface area contributed by atoms with E-state index in [4.69, 9.17) is 5.73 Å². The van der Waals surface area contributed by atoms with Crippen LogP contribution in [-0.2, 0) is 0 Å². The smallest absolute Gasteiger partial charge is 0.206 e. The number of anilines is 1. The summed E-state index contributed by atoms with van der Waals surface area (Å²) in [5.41, 5.74) is 7.79. The summed E-state index contributed by atoms with van der Waals surface area (Å²) >= 11 is 3.34. The molecule has 0 bridgehead atoms. The van der Waals surface area contributed by atoms with Crippen LogP contribution in [0, 0.1) is 6.92 Å². The van der Waals surface area contributed by atoms with E-state index in [-0.39, 0.29) is 0 Å². The fourth-order valence-electron chi connectivity index (χ4n) is 1.29. The number of nitrogens with two attached hydrogens (primary N) is 1. The normalized spacial score (nSPS) is 10.8. The van der Waals surface area contributed by atoms with Gasteiger partial charge < -0.3 is 5.73 Å². The maximum atomic E-state index is 5.70. The molecular weight excluding hydrogens is 218 g/mol. The highest BCUT2D eigenvalue weighted by molar-refractivity contribution is 9.10. The maximum Gasteiger partial charge on any atom is 0.206 e. The van der Waals surface area contributed by atoms with Gasteiger partial charge >= 0.3 is 0 Å². The molecule has 2 N–H and O–H groups in total. The van der Waals surface area contributed by atoms with E-state index in [1.807, 2.05) is 29.5 Å². The second-order valence-corrected chi connectivity index (χ2v) is 3.40. The lowest BCUT2D eigenvalue weighted by atomic mass is 10.3. The Morgan fingerprint density at radius 3 is 2.92 bits per heavy atom. The van der Waals surface area contributed by atoms with Crippen LogP contribution in [0.4, 0.5) is 5.95 Å². The summed E-state index contributed by atoms with van der Waals surface area (Å²) in [4.78, 5) is 4.11. The molecule has 0 aliphatic rings. The number of nitrogen functional groups attached to an aromatic ring is 1. The van der Waals surface area contributed by atoms with Crippen LogP contribution in [0.5, 0.6) is 0 Å². The number of fused-ring (bicyclic) bond motifs is 1. The highest BCUT2D eigenvalue weighted by atomic mass is 79.9. The van der Waals surface area contributed by atoms with Gasteiger partial charge in [0.15, 0.2) is 0 Å². The molecule has 0 fully saturated rings. The van der Waals surface area contributed by atoms with Crippen molar-refractivity contribution >= 4 is 27.4 Å². The fourth-order valence-corrected chi connectivity index (χ4v) is 1.78. The Balaban J connectivity index is 2.99. The quantitative estimate of drug-likeness (QED) is 0.746. The van der Waals surface area contributed by atoms with Gasteiger partial charge in [-0.15, -0.1) is 0 Å². The molecule has 0 amide bonds. The van der Waals surface area contributed by atoms with E-state index in [0.717, 1.165) is 15.8 Å². The number of aromatic nitrogens is 2. The number of aryl methyl sites for hydroxylation is 1. The third kappa shape index (κ3) is 0.914. The van der Waals surface area contributed by atoms with Gasteiger partial charge in [0.25, 0.3) is 0 Å². The lowest BCUT2D eigenvalue weighted by molar-refractivity contribution is 1.09. The van der Waals surface area contributed by atoms with Crippen molar-refractivity contribution < 1.29 is 0 Å². The first-order valence-corrected chi connectivity index (χ1v) is 4.38. The van der Waals surface area contributed by atoms with E-state index in [9.17, 15) is 0 Å². The summed E-state index contributed by atoms with van der Waals surface area (Å²) < 4.78 is 2.70. The van der Waals surface area contributed by atoms with E-state index >= 15 is 0 Å². The first-order chi connectivity index (χ1) is 5.70. The van der Waals surface area contributed by atoms with Crippen LogP contribution in [0.2, 0.25) is 0 Å². The number of nitrogens with zero attached hydrogens (tertiary/aromatic N) is 2. The van der Waals surface area contributed by atoms with Gasteiger partial charge in [0, 0.05) is 5.69 Å². The standard InChI is InChI=1S/C8H8BrN3/c1-5-3-2-4-6-7(9)11-8(10)12(5)6/h2-4H,1H3,(H2,10,11). The fraction of sp³-hybridized carbons (Fsp3) is 0.125. The van der Waals surface area contributed by atoms with Crippen molar-refractivity contribution in [2.75, 3.05) is 5.73 Å². The van der Waals surface area contributed by atoms with Crippen LogP contribution < -0.4 is 5.73 Å². The van der Waals surface area contributed by atoms with E-state index < -0.39 is 0 Å². The molecule has 0 aliphatic carbocycles. The van der Waals surface area contributed by atoms with E-state index in [1.165, 1.54) is 0 Å². The maximum absolute atomic E-state index is 5.70. The summed E-state index contributed by atoms with van der Waals surface area (Å²) in [5, 5.41) is 0. The monoisotopic (exact) mass is 225 g/mol. The lowest BCUT2D eigenvalue weighted by Crippen LogP contribution is -1.96. The van der Waals surface area contributed by atoms with Crippen LogP contribution in [-0.4, -0.2) is 9.38 Å². The molecule has 0 spiro atoms. The van der Waals surface area contributed by atoms with Crippen molar-refractivity contribution in [1.29, 1.82) is 0 Å². The Morgan fingerprint density at radius 2 is 2.25 bits per heavy atom. The molecule has 0 aliphatic heterocycles. The molecule has 2 heterocycles. The molecule has 2 aromatic rings. The third-order valence-electron chi connectivity index (χ3n) is 1.84. The highest BCUT2D eigenvalue weighted by Crippen LogP contribution is 2.21. The van der Waals surface area contributed by atoms with Crippen molar-refractivity contribution in [2.24, 2.45) is 0 Å². The second-order valence-electron chi connectivity index (χ2n) is 2.65. The predicted molar refractivity (Wildman–Crippen MR) is 52.0 cm³/mol. The summed E-state index contributed by atoms with van der Waals surface area (Å²) in [6.07, 6.45) is 0. The Morgan fingerprint density at radius 1 is 1.50 bits per heavy atom. The molecule has 62 valence electrons. The summed E-state index contributed by atoms with van der Waals surface area (Å²) in [6.45, 7) is 2.00. The minimum Gasteiger partial charge on any atom is -0.369 e. The Bertz CT molecular complexity index is 433. The van der Waals surface area contributed by atoms with Gasteiger partial charge in [0.2, 0.25) is 5.95 Å². The first kappa shape index (κ1) is 7.61. The van der Waals surface area contributed by atoms with Gasteiger partial charge in [0.1, 0.15) is 4.60 Å².